The minimum Gasteiger partial charge on any atom is -0.481 e. The largest absolute Gasteiger partial charge is 0.481 e. The lowest BCUT2D eigenvalue weighted by Gasteiger charge is -2.15. The van der Waals surface area contributed by atoms with E-state index in [1.807, 2.05) is 48.5 Å². The first-order valence-electron chi connectivity index (χ1n) is 11.9. The number of hydrogen-bond acceptors (Lipinski definition) is 4. The number of carboxylic acid groups (broad SMARTS) is 1. The Labute approximate surface area is 221 Å². The van der Waals surface area contributed by atoms with Gasteiger partial charge in [-0.1, -0.05) is 60.1 Å². The van der Waals surface area contributed by atoms with Crippen LogP contribution in [0.2, 0.25) is 5.02 Å². The molecule has 0 radical (unpaired) electrons. The van der Waals surface area contributed by atoms with Gasteiger partial charge in [-0.3, -0.25) is 9.78 Å². The van der Waals surface area contributed by atoms with Gasteiger partial charge in [-0.2, -0.15) is 0 Å². The Morgan fingerprint density at radius 3 is 2.43 bits per heavy atom. The van der Waals surface area contributed by atoms with Crippen LogP contribution in [0.5, 0.6) is 0 Å². The second-order valence-corrected chi connectivity index (χ2v) is 10.8. The van der Waals surface area contributed by atoms with Crippen molar-refractivity contribution in [2.45, 2.75) is 30.6 Å². The van der Waals surface area contributed by atoms with Crippen molar-refractivity contribution in [1.29, 1.82) is 0 Å². The number of fused-ring (bicyclic) bond motifs is 1. The molecule has 4 rings (SSSR count). The zero-order valence-corrected chi connectivity index (χ0v) is 21.7. The van der Waals surface area contributed by atoms with Crippen LogP contribution >= 0.6 is 11.6 Å². The predicted molar refractivity (Wildman–Crippen MR) is 147 cm³/mol. The van der Waals surface area contributed by atoms with Crippen molar-refractivity contribution in [3.05, 3.63) is 113 Å². The molecule has 0 spiro atoms. The van der Waals surface area contributed by atoms with Gasteiger partial charge in [-0.15, -0.1) is 0 Å². The highest BCUT2D eigenvalue weighted by molar-refractivity contribution is 7.89. The number of nitrogens with zero attached hydrogens (tertiary/aromatic N) is 1. The summed E-state index contributed by atoms with van der Waals surface area (Å²) in [5.41, 5.74) is 3.98. The van der Waals surface area contributed by atoms with Crippen molar-refractivity contribution >= 4 is 43.9 Å². The molecule has 2 N–H and O–H groups in total. The second-order valence-electron chi connectivity index (χ2n) is 8.56. The highest BCUT2D eigenvalue weighted by Gasteiger charge is 2.15. The number of benzene rings is 3. The van der Waals surface area contributed by atoms with Crippen LogP contribution in [-0.4, -0.2) is 31.0 Å². The summed E-state index contributed by atoms with van der Waals surface area (Å²) in [6.45, 7) is 0.245. The van der Waals surface area contributed by atoms with Gasteiger partial charge in [0, 0.05) is 35.9 Å². The van der Waals surface area contributed by atoms with Gasteiger partial charge in [0.15, 0.2) is 0 Å². The molecule has 190 valence electrons. The van der Waals surface area contributed by atoms with E-state index in [0.29, 0.717) is 24.3 Å². The van der Waals surface area contributed by atoms with Crippen LogP contribution in [0, 0.1) is 0 Å². The van der Waals surface area contributed by atoms with Crippen molar-refractivity contribution in [3.8, 4) is 0 Å². The Morgan fingerprint density at radius 1 is 0.973 bits per heavy atom. The monoisotopic (exact) mass is 534 g/mol. The first kappa shape index (κ1) is 26.5. The van der Waals surface area contributed by atoms with Crippen LogP contribution in [-0.2, 0) is 21.2 Å². The maximum atomic E-state index is 12.7. The Bertz CT molecular complexity index is 1520. The van der Waals surface area contributed by atoms with E-state index in [1.165, 1.54) is 12.1 Å². The standard InChI is InChI=1S/C29H27ClN2O4S/c30-23-12-14-24(15-13-23)37(35,36)32-19-17-21-11-16-28(27-9-2-1-7-25(21)27)26(8-3-4-10-29(33)34)22-6-5-18-31-20-22/h1-2,5-9,11-16,18,20,32H,3-4,10,17,19H2,(H,33,34). The second kappa shape index (κ2) is 12.1. The first-order valence-corrected chi connectivity index (χ1v) is 13.8. The third kappa shape index (κ3) is 6.83. The predicted octanol–water partition coefficient (Wildman–Crippen LogP) is 6.10. The molecule has 0 unspecified atom stereocenters. The molecule has 1 aromatic heterocycles. The molecule has 6 nitrogen and oxygen atoms in total. The van der Waals surface area contributed by atoms with E-state index in [-0.39, 0.29) is 17.9 Å². The van der Waals surface area contributed by atoms with E-state index in [9.17, 15) is 13.2 Å². The highest BCUT2D eigenvalue weighted by Crippen LogP contribution is 2.32. The van der Waals surface area contributed by atoms with Crippen molar-refractivity contribution in [2.24, 2.45) is 0 Å². The minimum atomic E-state index is -3.64. The normalized spacial score (nSPS) is 12.1. The topological polar surface area (TPSA) is 96.4 Å². The van der Waals surface area contributed by atoms with Gasteiger partial charge in [0.25, 0.3) is 0 Å². The van der Waals surface area contributed by atoms with Crippen LogP contribution in [0.25, 0.3) is 16.3 Å². The summed E-state index contributed by atoms with van der Waals surface area (Å²) in [6, 6.07) is 22.0. The molecule has 0 bridgehead atoms. The number of sulfonamides is 1. The van der Waals surface area contributed by atoms with Crippen molar-refractivity contribution < 1.29 is 18.3 Å². The SMILES string of the molecule is O=C(O)CCCC=C(c1cccnc1)c1ccc(CCNS(=O)(=O)c2ccc(Cl)cc2)c2ccccc12. The lowest BCUT2D eigenvalue weighted by molar-refractivity contribution is -0.137. The summed E-state index contributed by atoms with van der Waals surface area (Å²) in [6.07, 6.45) is 7.39. The summed E-state index contributed by atoms with van der Waals surface area (Å²) in [5.74, 6) is -0.808. The molecule has 8 heteroatoms. The fourth-order valence-electron chi connectivity index (χ4n) is 4.24. The summed E-state index contributed by atoms with van der Waals surface area (Å²) >= 11 is 5.88. The average molecular weight is 535 g/mol. The van der Waals surface area contributed by atoms with E-state index in [4.69, 9.17) is 16.7 Å². The fraction of sp³-hybridized carbons (Fsp3) is 0.172. The Hall–Kier alpha value is -3.52. The van der Waals surface area contributed by atoms with Gasteiger partial charge < -0.3 is 5.11 Å². The number of unbranched alkanes of at least 4 members (excludes halogenated alkanes) is 1. The summed E-state index contributed by atoms with van der Waals surface area (Å²) in [4.78, 5) is 15.4. The van der Waals surface area contributed by atoms with E-state index < -0.39 is 16.0 Å². The molecule has 4 aromatic rings. The molecule has 0 saturated heterocycles. The number of aromatic nitrogens is 1. The highest BCUT2D eigenvalue weighted by atomic mass is 35.5. The summed E-state index contributed by atoms with van der Waals surface area (Å²) in [7, 11) is -3.64. The van der Waals surface area contributed by atoms with E-state index in [1.54, 1.807) is 24.5 Å². The van der Waals surface area contributed by atoms with Gasteiger partial charge >= 0.3 is 5.97 Å². The molecule has 0 saturated carbocycles. The van der Waals surface area contributed by atoms with Crippen LogP contribution in [0.4, 0.5) is 0 Å². The zero-order chi connectivity index (χ0) is 26.3. The van der Waals surface area contributed by atoms with Gasteiger partial charge in [-0.25, -0.2) is 13.1 Å². The van der Waals surface area contributed by atoms with Crippen LogP contribution in [0.3, 0.4) is 0 Å². The molecule has 1 heterocycles. The van der Waals surface area contributed by atoms with Crippen molar-refractivity contribution in [1.82, 2.24) is 9.71 Å². The Kier molecular flexibility index (Phi) is 8.71. The average Bonchev–Trinajstić information content (AvgIpc) is 2.90. The van der Waals surface area contributed by atoms with Crippen LogP contribution in [0.1, 0.15) is 36.0 Å². The number of allylic oxidation sites excluding steroid dienone is 1. The Balaban J connectivity index is 1.61. The number of rotatable bonds is 11. The lowest BCUT2D eigenvalue weighted by atomic mass is 9.90. The third-order valence-corrected chi connectivity index (χ3v) is 7.76. The molecule has 0 amide bonds. The minimum absolute atomic E-state index is 0.114. The molecule has 0 aliphatic rings. The van der Waals surface area contributed by atoms with E-state index >= 15 is 0 Å². The Morgan fingerprint density at radius 2 is 1.73 bits per heavy atom. The quantitative estimate of drug-likeness (QED) is 0.227. The number of aliphatic carboxylic acids is 1. The first-order chi connectivity index (χ1) is 17.8. The zero-order valence-electron chi connectivity index (χ0n) is 20.1. The van der Waals surface area contributed by atoms with Gasteiger partial charge in [0.2, 0.25) is 10.0 Å². The molecule has 0 fully saturated rings. The molecule has 0 atom stereocenters. The van der Waals surface area contributed by atoms with E-state index in [0.717, 1.165) is 33.0 Å². The lowest BCUT2D eigenvalue weighted by Crippen LogP contribution is -2.26. The molecular formula is C29H27ClN2O4S. The van der Waals surface area contributed by atoms with Crippen LogP contribution < -0.4 is 4.72 Å². The number of nitrogens with one attached hydrogen (secondary N) is 1. The number of halogens is 1. The molecular weight excluding hydrogens is 508 g/mol. The van der Waals surface area contributed by atoms with Crippen molar-refractivity contribution in [2.75, 3.05) is 6.54 Å². The number of pyridine rings is 1. The van der Waals surface area contributed by atoms with Crippen molar-refractivity contribution in [3.63, 3.8) is 0 Å². The maximum absolute atomic E-state index is 12.7. The smallest absolute Gasteiger partial charge is 0.303 e. The number of carbonyl (C=O) groups is 1. The molecule has 0 aliphatic carbocycles. The molecule has 37 heavy (non-hydrogen) atoms. The van der Waals surface area contributed by atoms with Gasteiger partial charge in [-0.05, 0) is 77.1 Å². The van der Waals surface area contributed by atoms with Crippen LogP contribution in [0.15, 0.2) is 96.2 Å². The van der Waals surface area contributed by atoms with Gasteiger partial charge in [0.1, 0.15) is 0 Å². The fourth-order valence-corrected chi connectivity index (χ4v) is 5.39. The molecule has 0 aliphatic heterocycles. The van der Waals surface area contributed by atoms with Gasteiger partial charge in [0.05, 0.1) is 4.90 Å². The third-order valence-electron chi connectivity index (χ3n) is 6.03. The number of hydrogen-bond donors (Lipinski definition) is 2. The number of carboxylic acids is 1. The summed E-state index contributed by atoms with van der Waals surface area (Å²) < 4.78 is 28.0. The maximum Gasteiger partial charge on any atom is 0.303 e. The molecule has 3 aromatic carbocycles. The summed E-state index contributed by atoms with van der Waals surface area (Å²) in [5, 5.41) is 11.6. The van der Waals surface area contributed by atoms with E-state index in [2.05, 4.69) is 15.8 Å².